The van der Waals surface area contributed by atoms with Crippen LogP contribution in [0.15, 0.2) is 22.7 Å². The molecule has 2 rings (SSSR count). The van der Waals surface area contributed by atoms with E-state index in [0.717, 1.165) is 6.07 Å². The van der Waals surface area contributed by atoms with Crippen molar-refractivity contribution in [2.24, 2.45) is 0 Å². The molecule has 0 spiro atoms. The minimum Gasteiger partial charge on any atom is -0.390 e. The van der Waals surface area contributed by atoms with Crippen LogP contribution in [0, 0.1) is 5.82 Å². The van der Waals surface area contributed by atoms with Crippen LogP contribution in [0.25, 0.3) is 0 Å². The van der Waals surface area contributed by atoms with E-state index in [1.165, 1.54) is 17.0 Å². The molecule has 21 heavy (non-hydrogen) atoms. The molecule has 1 aromatic carbocycles. The summed E-state index contributed by atoms with van der Waals surface area (Å²) in [4.78, 5) is 1.51. The SMILES string of the molecule is Cl.OCC(F)(F)[C@@H](c1c(F)cccc1Br)N1CCNCC1. The first-order valence-electron chi connectivity index (χ1n) is 6.34. The van der Waals surface area contributed by atoms with E-state index in [1.807, 2.05) is 0 Å². The maximum Gasteiger partial charge on any atom is 0.290 e. The first-order chi connectivity index (χ1) is 9.47. The van der Waals surface area contributed by atoms with Crippen LogP contribution < -0.4 is 5.32 Å². The van der Waals surface area contributed by atoms with Crippen molar-refractivity contribution in [3.05, 3.63) is 34.1 Å². The molecule has 1 saturated heterocycles. The summed E-state index contributed by atoms with van der Waals surface area (Å²) in [6.07, 6.45) is 0. The predicted octanol–water partition coefficient (Wildman–Crippen LogP) is 2.58. The van der Waals surface area contributed by atoms with Crippen LogP contribution in [0.2, 0.25) is 0 Å². The van der Waals surface area contributed by atoms with Crippen LogP contribution in [-0.2, 0) is 0 Å². The Hall–Kier alpha value is -0.340. The first-order valence-corrected chi connectivity index (χ1v) is 7.14. The summed E-state index contributed by atoms with van der Waals surface area (Å²) in [6.45, 7) is 0.554. The topological polar surface area (TPSA) is 35.5 Å². The highest BCUT2D eigenvalue weighted by molar-refractivity contribution is 9.10. The van der Waals surface area contributed by atoms with Crippen molar-refractivity contribution in [3.8, 4) is 0 Å². The summed E-state index contributed by atoms with van der Waals surface area (Å²) >= 11 is 3.14. The third-order valence-electron chi connectivity index (χ3n) is 3.40. The molecule has 8 heteroatoms. The van der Waals surface area contributed by atoms with Gasteiger partial charge in [0, 0.05) is 36.2 Å². The molecule has 1 atom stereocenters. The zero-order chi connectivity index (χ0) is 14.8. The van der Waals surface area contributed by atoms with Gasteiger partial charge < -0.3 is 10.4 Å². The van der Waals surface area contributed by atoms with Crippen molar-refractivity contribution >= 4 is 28.3 Å². The van der Waals surface area contributed by atoms with Crippen LogP contribution in [-0.4, -0.2) is 48.7 Å². The molecule has 3 nitrogen and oxygen atoms in total. The number of nitrogens with one attached hydrogen (secondary N) is 1. The monoisotopic (exact) mass is 388 g/mol. The van der Waals surface area contributed by atoms with Gasteiger partial charge in [-0.1, -0.05) is 22.0 Å². The van der Waals surface area contributed by atoms with Gasteiger partial charge in [0.25, 0.3) is 5.92 Å². The number of hydrogen-bond donors (Lipinski definition) is 2. The molecule has 120 valence electrons. The number of halogens is 5. The summed E-state index contributed by atoms with van der Waals surface area (Å²) < 4.78 is 42.6. The van der Waals surface area contributed by atoms with Gasteiger partial charge in [-0.05, 0) is 12.1 Å². The molecule has 0 radical (unpaired) electrons. The van der Waals surface area contributed by atoms with Gasteiger partial charge in [-0.2, -0.15) is 0 Å². The fourth-order valence-electron chi connectivity index (χ4n) is 2.46. The third kappa shape index (κ3) is 4.10. The fraction of sp³-hybridized carbons (Fsp3) is 0.538. The zero-order valence-corrected chi connectivity index (χ0v) is 13.6. The molecule has 2 N–H and O–H groups in total. The molecule has 1 aromatic rings. The van der Waals surface area contributed by atoms with Gasteiger partial charge in [0.1, 0.15) is 18.5 Å². The second-order valence-electron chi connectivity index (χ2n) is 4.74. The Bertz CT molecular complexity index is 452. The lowest BCUT2D eigenvalue weighted by atomic mass is 9.97. The van der Waals surface area contributed by atoms with Crippen molar-refractivity contribution in [2.45, 2.75) is 12.0 Å². The maximum absolute atomic E-state index is 14.1. The van der Waals surface area contributed by atoms with Crippen molar-refractivity contribution in [1.29, 1.82) is 0 Å². The summed E-state index contributed by atoms with van der Waals surface area (Å²) in [7, 11) is 0. The summed E-state index contributed by atoms with van der Waals surface area (Å²) in [5.74, 6) is -4.11. The smallest absolute Gasteiger partial charge is 0.290 e. The van der Waals surface area contributed by atoms with E-state index in [1.54, 1.807) is 0 Å². The molecule has 0 aliphatic carbocycles. The second-order valence-corrected chi connectivity index (χ2v) is 5.60. The lowest BCUT2D eigenvalue weighted by Gasteiger charge is -2.39. The van der Waals surface area contributed by atoms with Gasteiger partial charge in [0.15, 0.2) is 0 Å². The van der Waals surface area contributed by atoms with E-state index in [9.17, 15) is 13.2 Å². The van der Waals surface area contributed by atoms with E-state index in [0.29, 0.717) is 26.2 Å². The number of nitrogens with zero attached hydrogens (tertiary/aromatic N) is 1. The molecule has 0 amide bonds. The minimum atomic E-state index is -3.41. The van der Waals surface area contributed by atoms with Crippen LogP contribution in [0.1, 0.15) is 11.6 Å². The molecule has 0 saturated carbocycles. The van der Waals surface area contributed by atoms with Gasteiger partial charge in [-0.15, -0.1) is 12.4 Å². The Morgan fingerprint density at radius 1 is 1.33 bits per heavy atom. The van der Waals surface area contributed by atoms with Gasteiger partial charge in [-0.3, -0.25) is 4.90 Å². The number of hydrogen-bond acceptors (Lipinski definition) is 3. The van der Waals surface area contributed by atoms with Gasteiger partial charge in [0.05, 0.1) is 0 Å². The fourth-order valence-corrected chi connectivity index (χ4v) is 3.02. The van der Waals surface area contributed by atoms with Gasteiger partial charge >= 0.3 is 0 Å². The maximum atomic E-state index is 14.1. The highest BCUT2D eigenvalue weighted by Gasteiger charge is 2.46. The Balaban J connectivity index is 0.00000220. The van der Waals surface area contributed by atoms with Crippen LogP contribution in [0.3, 0.4) is 0 Å². The molecule has 1 aliphatic rings. The van der Waals surface area contributed by atoms with E-state index in [2.05, 4.69) is 21.2 Å². The lowest BCUT2D eigenvalue weighted by Crippen LogP contribution is -2.51. The number of aliphatic hydroxyl groups excluding tert-OH is 1. The highest BCUT2D eigenvalue weighted by Crippen LogP contribution is 2.40. The van der Waals surface area contributed by atoms with Crippen molar-refractivity contribution in [3.63, 3.8) is 0 Å². The van der Waals surface area contributed by atoms with Crippen molar-refractivity contribution in [1.82, 2.24) is 10.2 Å². The Kier molecular flexibility index (Phi) is 6.93. The summed E-state index contributed by atoms with van der Waals surface area (Å²) in [5, 5.41) is 12.1. The largest absolute Gasteiger partial charge is 0.390 e. The molecule has 1 aliphatic heterocycles. The molecular weight excluding hydrogens is 373 g/mol. The third-order valence-corrected chi connectivity index (χ3v) is 4.09. The lowest BCUT2D eigenvalue weighted by molar-refractivity contribution is -0.119. The Morgan fingerprint density at radius 3 is 2.48 bits per heavy atom. The molecule has 0 aromatic heterocycles. The van der Waals surface area contributed by atoms with Crippen LogP contribution >= 0.6 is 28.3 Å². The van der Waals surface area contributed by atoms with E-state index < -0.39 is 24.4 Å². The predicted molar refractivity (Wildman–Crippen MR) is 80.6 cm³/mol. The van der Waals surface area contributed by atoms with Crippen molar-refractivity contribution < 1.29 is 18.3 Å². The van der Waals surface area contributed by atoms with Crippen molar-refractivity contribution in [2.75, 3.05) is 32.8 Å². The second kappa shape index (κ2) is 7.78. The average Bonchev–Trinajstić information content (AvgIpc) is 2.43. The number of piperazine rings is 1. The number of benzene rings is 1. The molecule has 1 heterocycles. The number of alkyl halides is 2. The average molecular weight is 390 g/mol. The first kappa shape index (κ1) is 18.7. The van der Waals surface area contributed by atoms with Crippen LogP contribution in [0.4, 0.5) is 13.2 Å². The highest BCUT2D eigenvalue weighted by atomic mass is 79.9. The van der Waals surface area contributed by atoms with E-state index in [-0.39, 0.29) is 22.4 Å². The van der Waals surface area contributed by atoms with E-state index in [4.69, 9.17) is 5.11 Å². The molecular formula is C13H17BrClF3N2O. The Labute approximate surface area is 136 Å². The van der Waals surface area contributed by atoms with E-state index >= 15 is 0 Å². The standard InChI is InChI=1S/C13H16BrF3N2O.ClH/c14-9-2-1-3-10(15)11(9)12(13(16,17)8-20)19-6-4-18-5-7-19;/h1-3,12,18,20H,4-8H2;1H/t12-;/m1./s1. The molecule has 1 fully saturated rings. The quantitative estimate of drug-likeness (QED) is 0.831. The Morgan fingerprint density at radius 2 is 1.95 bits per heavy atom. The summed E-state index contributed by atoms with van der Waals surface area (Å²) in [5.41, 5.74) is -0.103. The van der Waals surface area contributed by atoms with Gasteiger partial charge in [-0.25, -0.2) is 13.2 Å². The zero-order valence-electron chi connectivity index (χ0n) is 11.2. The van der Waals surface area contributed by atoms with Crippen LogP contribution in [0.5, 0.6) is 0 Å². The summed E-state index contributed by atoms with van der Waals surface area (Å²) in [6, 6.07) is 2.66. The number of aliphatic hydroxyl groups is 1. The molecule has 0 unspecified atom stereocenters. The molecule has 0 bridgehead atoms. The number of rotatable bonds is 4. The van der Waals surface area contributed by atoms with Gasteiger partial charge in [0.2, 0.25) is 0 Å². The minimum absolute atomic E-state index is 0. The normalized spacial score (nSPS) is 18.1.